The van der Waals surface area contributed by atoms with Crippen molar-refractivity contribution in [3.63, 3.8) is 0 Å². The van der Waals surface area contributed by atoms with Crippen molar-refractivity contribution in [2.75, 3.05) is 0 Å². The average Bonchev–Trinajstić information content (AvgIpc) is 2.26. The molecule has 0 fully saturated rings. The van der Waals surface area contributed by atoms with Gasteiger partial charge in [-0.15, -0.1) is 0 Å². The van der Waals surface area contributed by atoms with Gasteiger partial charge in [0.25, 0.3) is 0 Å². The molecular weight excluding hydrogens is 180 g/mol. The van der Waals surface area contributed by atoms with Gasteiger partial charge in [0.15, 0.2) is 5.75 Å². The summed E-state index contributed by atoms with van der Waals surface area (Å²) in [6.07, 6.45) is 0. The Morgan fingerprint density at radius 3 is 2.64 bits per heavy atom. The van der Waals surface area contributed by atoms with Crippen molar-refractivity contribution in [3.8, 4) is 5.75 Å². The smallest absolute Gasteiger partial charge is 0.286 e. The molecule has 0 amide bonds. The average molecular weight is 187 g/mol. The van der Waals surface area contributed by atoms with Gasteiger partial charge in [-0.3, -0.25) is 4.89 Å². The molecule has 3 heteroatoms. The summed E-state index contributed by atoms with van der Waals surface area (Å²) in [7, 11) is 0. The third-order valence-corrected chi connectivity index (χ3v) is 1.92. The summed E-state index contributed by atoms with van der Waals surface area (Å²) in [6.45, 7) is 1.21. The second kappa shape index (κ2) is 3.79. The second-order valence-corrected chi connectivity index (χ2v) is 2.73. The minimum absolute atomic E-state index is 0.506. The highest BCUT2D eigenvalue weighted by Crippen LogP contribution is 2.24. The van der Waals surface area contributed by atoms with E-state index >= 15 is 0 Å². The zero-order chi connectivity index (χ0) is 9.80. The van der Waals surface area contributed by atoms with Crippen molar-refractivity contribution < 1.29 is 14.6 Å². The molecule has 0 saturated heterocycles. The van der Waals surface area contributed by atoms with Gasteiger partial charge < -0.3 is 0 Å². The Hall–Kier alpha value is -2.03. The first kappa shape index (κ1) is 8.56. The van der Waals surface area contributed by atoms with Gasteiger partial charge in [-0.05, 0) is 11.5 Å². The summed E-state index contributed by atoms with van der Waals surface area (Å²) in [5.74, 6) is 0.506. The van der Waals surface area contributed by atoms with Gasteiger partial charge in [0.05, 0.1) is 0 Å². The lowest BCUT2D eigenvalue weighted by Crippen LogP contribution is -1.94. The van der Waals surface area contributed by atoms with E-state index in [-0.39, 0.29) is 0 Å². The van der Waals surface area contributed by atoms with Gasteiger partial charge in [0.1, 0.15) is 0 Å². The van der Waals surface area contributed by atoms with E-state index in [1.54, 1.807) is 6.07 Å². The van der Waals surface area contributed by atoms with Crippen molar-refractivity contribution in [2.24, 2.45) is 0 Å². The predicted octanol–water partition coefficient (Wildman–Crippen LogP) is 2.22. The number of hydrogen-bond acceptors (Lipinski definition) is 3. The Morgan fingerprint density at radius 2 is 1.79 bits per heavy atom. The van der Waals surface area contributed by atoms with E-state index in [9.17, 15) is 4.79 Å². The van der Waals surface area contributed by atoms with E-state index in [1.165, 1.54) is 6.47 Å². The van der Waals surface area contributed by atoms with Crippen LogP contribution in [0.3, 0.4) is 0 Å². The van der Waals surface area contributed by atoms with Gasteiger partial charge in [-0.25, -0.2) is 9.68 Å². The molecule has 0 spiro atoms. The second-order valence-electron chi connectivity index (χ2n) is 2.73. The van der Waals surface area contributed by atoms with Gasteiger partial charge in [0, 0.05) is 5.39 Å². The Kier molecular flexibility index (Phi) is 2.32. The summed E-state index contributed by atoms with van der Waals surface area (Å²) in [4.78, 5) is 18.7. The molecule has 1 radical (unpaired) electrons. The highest BCUT2D eigenvalue weighted by atomic mass is 17.2. The first-order valence-corrected chi connectivity index (χ1v) is 4.10. The Labute approximate surface area is 80.8 Å². The molecule has 0 unspecified atom stereocenters. The zero-order valence-corrected chi connectivity index (χ0v) is 7.27. The minimum Gasteiger partial charge on any atom is -0.286 e. The van der Waals surface area contributed by atoms with Gasteiger partial charge in [-0.2, -0.15) is 0 Å². The largest absolute Gasteiger partial charge is 0.467 e. The van der Waals surface area contributed by atoms with Crippen LogP contribution >= 0.6 is 0 Å². The van der Waals surface area contributed by atoms with Crippen LogP contribution in [-0.2, 0) is 9.68 Å². The molecule has 2 aromatic rings. The maximum Gasteiger partial charge on any atom is 0.467 e. The fourth-order valence-corrected chi connectivity index (χ4v) is 1.33. The molecule has 2 aromatic carbocycles. The fourth-order valence-electron chi connectivity index (χ4n) is 1.33. The minimum atomic E-state index is 0.506. The number of carbonyl (C=O) groups excluding carboxylic acids is 1. The maximum absolute atomic E-state index is 9.84. The zero-order valence-electron chi connectivity index (χ0n) is 7.27. The van der Waals surface area contributed by atoms with Crippen LogP contribution in [0.5, 0.6) is 5.75 Å². The summed E-state index contributed by atoms with van der Waals surface area (Å²) < 4.78 is 0. The third kappa shape index (κ3) is 1.52. The van der Waals surface area contributed by atoms with Crippen LogP contribution in [0.1, 0.15) is 0 Å². The molecule has 0 atom stereocenters. The lowest BCUT2D eigenvalue weighted by atomic mass is 10.1. The van der Waals surface area contributed by atoms with Crippen molar-refractivity contribution in [3.05, 3.63) is 42.5 Å². The van der Waals surface area contributed by atoms with E-state index in [0.29, 0.717) is 5.75 Å². The van der Waals surface area contributed by atoms with Crippen molar-refractivity contribution in [1.82, 2.24) is 0 Å². The topological polar surface area (TPSA) is 35.5 Å². The molecule has 69 valence electrons. The summed E-state index contributed by atoms with van der Waals surface area (Å²) >= 11 is 0. The molecule has 0 bridgehead atoms. The number of hydrogen-bond donors (Lipinski definition) is 0. The molecule has 0 saturated carbocycles. The highest BCUT2D eigenvalue weighted by molar-refractivity contribution is 5.88. The predicted molar refractivity (Wildman–Crippen MR) is 51.4 cm³/mol. The van der Waals surface area contributed by atoms with Crippen molar-refractivity contribution in [1.29, 1.82) is 0 Å². The molecule has 14 heavy (non-hydrogen) atoms. The van der Waals surface area contributed by atoms with E-state index in [2.05, 4.69) is 4.89 Å². The third-order valence-electron chi connectivity index (χ3n) is 1.92. The molecule has 0 N–H and O–H groups in total. The van der Waals surface area contributed by atoms with Gasteiger partial charge in [0.2, 0.25) is 0 Å². The first-order chi connectivity index (χ1) is 6.92. The Bertz CT molecular complexity index is 446. The van der Waals surface area contributed by atoms with Crippen LogP contribution in [0.4, 0.5) is 0 Å². The molecule has 0 aliphatic rings. The quantitative estimate of drug-likeness (QED) is 0.546. The highest BCUT2D eigenvalue weighted by Gasteiger charge is 2.01. The monoisotopic (exact) mass is 187 g/mol. The number of rotatable bonds is 3. The lowest BCUT2D eigenvalue weighted by Gasteiger charge is -2.03. The molecule has 2 rings (SSSR count). The van der Waals surface area contributed by atoms with Crippen molar-refractivity contribution in [2.45, 2.75) is 0 Å². The number of benzene rings is 2. The van der Waals surface area contributed by atoms with Gasteiger partial charge >= 0.3 is 6.47 Å². The van der Waals surface area contributed by atoms with Crippen LogP contribution in [0.25, 0.3) is 10.8 Å². The summed E-state index contributed by atoms with van der Waals surface area (Å²) in [6, 6.07) is 13.2. The molecule has 3 nitrogen and oxygen atoms in total. The number of fused-ring (bicyclic) bond motifs is 1. The standard InChI is InChI=1S/C11H7O3/c12-8-13-14-11-7-3-5-9-4-1-2-6-10(9)11/h1-7H. The lowest BCUT2D eigenvalue weighted by molar-refractivity contribution is -0.116. The van der Waals surface area contributed by atoms with E-state index in [0.717, 1.165) is 10.8 Å². The van der Waals surface area contributed by atoms with Crippen LogP contribution in [-0.4, -0.2) is 6.47 Å². The van der Waals surface area contributed by atoms with Crippen LogP contribution in [0.2, 0.25) is 0 Å². The fraction of sp³-hybridized carbons (Fsp3) is 0. The molecule has 0 aromatic heterocycles. The molecule has 0 aliphatic heterocycles. The molecule has 0 aliphatic carbocycles. The first-order valence-electron chi connectivity index (χ1n) is 4.10. The van der Waals surface area contributed by atoms with Crippen molar-refractivity contribution >= 4 is 17.2 Å². The molecular formula is C11H7O3. The molecule has 0 heterocycles. The van der Waals surface area contributed by atoms with Crippen LogP contribution < -0.4 is 4.89 Å². The SMILES string of the molecule is O=[C]OOc1cccc2ccccc12. The van der Waals surface area contributed by atoms with E-state index < -0.39 is 0 Å². The van der Waals surface area contributed by atoms with Crippen LogP contribution in [0.15, 0.2) is 42.5 Å². The summed E-state index contributed by atoms with van der Waals surface area (Å²) in [5.41, 5.74) is 0. The van der Waals surface area contributed by atoms with E-state index in [4.69, 9.17) is 4.89 Å². The van der Waals surface area contributed by atoms with Gasteiger partial charge in [-0.1, -0.05) is 36.4 Å². The normalized spacial score (nSPS) is 9.71. The Balaban J connectivity index is 2.48. The van der Waals surface area contributed by atoms with E-state index in [1.807, 2.05) is 36.4 Å². The summed E-state index contributed by atoms with van der Waals surface area (Å²) in [5, 5.41) is 1.92. The van der Waals surface area contributed by atoms with Crippen LogP contribution in [0, 0.1) is 0 Å². The Morgan fingerprint density at radius 1 is 1.00 bits per heavy atom. The maximum atomic E-state index is 9.84.